The van der Waals surface area contributed by atoms with Crippen LogP contribution in [0.25, 0.3) is 34.1 Å². The zero-order chi connectivity index (χ0) is 20.5. The van der Waals surface area contributed by atoms with Gasteiger partial charge in [-0.3, -0.25) is 8.97 Å². The highest BCUT2D eigenvalue weighted by atomic mass is 16.5. The lowest BCUT2D eigenvalue weighted by Crippen LogP contribution is -2.19. The summed E-state index contributed by atoms with van der Waals surface area (Å²) in [6.45, 7) is 0. The Morgan fingerprint density at radius 1 is 0.800 bits per heavy atom. The van der Waals surface area contributed by atoms with Crippen molar-refractivity contribution >= 4 is 28.4 Å². The molecule has 0 aliphatic heterocycles. The van der Waals surface area contributed by atoms with Gasteiger partial charge in [-0.15, -0.1) is 0 Å². The van der Waals surface area contributed by atoms with E-state index in [1.165, 1.54) is 0 Å². The first-order valence-electron chi connectivity index (χ1n) is 9.78. The summed E-state index contributed by atoms with van der Waals surface area (Å²) in [6, 6.07) is 27.7. The molecule has 5 aromatic rings. The fraction of sp³-hybridized carbons (Fsp3) is 0.0385. The number of aromatic nitrogens is 2. The van der Waals surface area contributed by atoms with Crippen molar-refractivity contribution in [2.75, 3.05) is 7.11 Å². The van der Waals surface area contributed by atoms with Crippen LogP contribution in [0, 0.1) is 0 Å². The largest absolute Gasteiger partial charge is 0.497 e. The van der Waals surface area contributed by atoms with Gasteiger partial charge in [-0.2, -0.15) is 0 Å². The highest BCUT2D eigenvalue weighted by molar-refractivity contribution is 6.00. The molecule has 2 heterocycles. The van der Waals surface area contributed by atoms with Gasteiger partial charge in [0, 0.05) is 11.6 Å². The predicted octanol–water partition coefficient (Wildman–Crippen LogP) is 5.42. The van der Waals surface area contributed by atoms with Gasteiger partial charge >= 0.3 is 5.69 Å². The van der Waals surface area contributed by atoms with E-state index in [0.29, 0.717) is 0 Å². The number of hydrogen-bond donors (Lipinski definition) is 0. The van der Waals surface area contributed by atoms with Crippen molar-refractivity contribution in [3.8, 4) is 11.4 Å². The van der Waals surface area contributed by atoms with Crippen LogP contribution >= 0.6 is 0 Å². The summed E-state index contributed by atoms with van der Waals surface area (Å²) in [6.07, 6.45) is 5.90. The van der Waals surface area contributed by atoms with E-state index in [-0.39, 0.29) is 5.69 Å². The molecule has 0 aliphatic rings. The van der Waals surface area contributed by atoms with E-state index >= 15 is 0 Å². The molecule has 0 fully saturated rings. The second-order valence-corrected chi connectivity index (χ2v) is 7.07. The third kappa shape index (κ3) is 2.99. The number of rotatable bonds is 4. The minimum absolute atomic E-state index is 0.103. The molecule has 0 N–H and O–H groups in total. The normalized spacial score (nSPS) is 11.5. The minimum Gasteiger partial charge on any atom is -0.497 e. The van der Waals surface area contributed by atoms with Gasteiger partial charge in [-0.05, 0) is 47.4 Å². The fourth-order valence-corrected chi connectivity index (χ4v) is 3.83. The van der Waals surface area contributed by atoms with Gasteiger partial charge in [-0.1, -0.05) is 60.7 Å². The van der Waals surface area contributed by atoms with Crippen LogP contribution < -0.4 is 10.4 Å². The third-order valence-electron chi connectivity index (χ3n) is 5.30. The zero-order valence-corrected chi connectivity index (χ0v) is 16.5. The number of benzene rings is 3. The Balaban J connectivity index is 1.83. The first-order valence-corrected chi connectivity index (χ1v) is 9.78. The van der Waals surface area contributed by atoms with Gasteiger partial charge in [0.05, 0.1) is 24.0 Å². The highest BCUT2D eigenvalue weighted by Crippen LogP contribution is 2.26. The Labute approximate surface area is 173 Å². The van der Waals surface area contributed by atoms with Crippen LogP contribution in [0.2, 0.25) is 0 Å². The molecule has 4 nitrogen and oxygen atoms in total. The minimum atomic E-state index is -0.103. The molecule has 30 heavy (non-hydrogen) atoms. The topological polar surface area (TPSA) is 35.6 Å². The summed E-state index contributed by atoms with van der Waals surface area (Å²) in [4.78, 5) is 13.4. The zero-order valence-electron chi connectivity index (χ0n) is 16.5. The van der Waals surface area contributed by atoms with Crippen LogP contribution in [0.5, 0.6) is 5.75 Å². The molecule has 0 bridgehead atoms. The van der Waals surface area contributed by atoms with E-state index in [0.717, 1.165) is 39.0 Å². The molecule has 0 saturated heterocycles. The van der Waals surface area contributed by atoms with Crippen molar-refractivity contribution in [2.45, 2.75) is 0 Å². The molecule has 2 aromatic heterocycles. The third-order valence-corrected chi connectivity index (χ3v) is 5.30. The van der Waals surface area contributed by atoms with Crippen LogP contribution in [0.1, 0.15) is 11.3 Å². The molecule has 4 heteroatoms. The SMILES string of the molecule is COc1ccc(-n2c(/C=C/c3ccccc3)c3c4ccccc4ccn3c2=O)cc1. The molecule has 0 unspecified atom stereocenters. The number of ether oxygens (including phenoxy) is 1. The second-order valence-electron chi connectivity index (χ2n) is 7.07. The van der Waals surface area contributed by atoms with Gasteiger partial charge in [0.25, 0.3) is 0 Å². The van der Waals surface area contributed by atoms with Gasteiger partial charge < -0.3 is 4.74 Å². The van der Waals surface area contributed by atoms with Crippen LogP contribution in [-0.4, -0.2) is 16.1 Å². The summed E-state index contributed by atoms with van der Waals surface area (Å²) < 4.78 is 8.75. The van der Waals surface area contributed by atoms with E-state index in [9.17, 15) is 4.79 Å². The van der Waals surface area contributed by atoms with E-state index < -0.39 is 0 Å². The molecular weight excluding hydrogens is 372 g/mol. The lowest BCUT2D eigenvalue weighted by molar-refractivity contribution is 0.414. The molecule has 3 aromatic carbocycles. The average Bonchev–Trinajstić information content (AvgIpc) is 3.10. The summed E-state index contributed by atoms with van der Waals surface area (Å²) in [5.74, 6) is 0.752. The number of hydrogen-bond acceptors (Lipinski definition) is 2. The number of methoxy groups -OCH3 is 1. The summed E-state index contributed by atoms with van der Waals surface area (Å²) in [7, 11) is 1.63. The smallest absolute Gasteiger partial charge is 0.337 e. The highest BCUT2D eigenvalue weighted by Gasteiger charge is 2.16. The molecule has 5 rings (SSSR count). The van der Waals surface area contributed by atoms with Gasteiger partial charge in [-0.25, -0.2) is 4.79 Å². The molecule has 0 atom stereocenters. The van der Waals surface area contributed by atoms with Crippen molar-refractivity contribution in [2.24, 2.45) is 0 Å². The Bertz CT molecular complexity index is 1430. The van der Waals surface area contributed by atoms with Gasteiger partial charge in [0.1, 0.15) is 5.75 Å². The maximum absolute atomic E-state index is 13.4. The molecule has 0 amide bonds. The lowest BCUT2D eigenvalue weighted by Gasteiger charge is -2.07. The number of nitrogens with zero attached hydrogens (tertiary/aromatic N) is 2. The molecular formula is C26H20N2O2. The number of imidazole rings is 1. The summed E-state index contributed by atoms with van der Waals surface area (Å²) >= 11 is 0. The van der Waals surface area contributed by atoms with Crippen LogP contribution in [0.3, 0.4) is 0 Å². The van der Waals surface area contributed by atoms with E-state index in [1.54, 1.807) is 16.1 Å². The summed E-state index contributed by atoms with van der Waals surface area (Å²) in [5, 5.41) is 2.14. The second kappa shape index (κ2) is 7.41. The fourth-order valence-electron chi connectivity index (χ4n) is 3.83. The van der Waals surface area contributed by atoms with Crippen molar-refractivity contribution in [1.82, 2.24) is 8.97 Å². The monoisotopic (exact) mass is 392 g/mol. The van der Waals surface area contributed by atoms with Crippen LogP contribution in [0.15, 0.2) is 95.9 Å². The maximum atomic E-state index is 13.4. The molecule has 146 valence electrons. The molecule has 0 radical (unpaired) electrons. The van der Waals surface area contributed by atoms with Crippen LogP contribution in [-0.2, 0) is 0 Å². The van der Waals surface area contributed by atoms with Crippen molar-refractivity contribution in [3.05, 3.63) is 113 Å². The quantitative estimate of drug-likeness (QED) is 0.409. The Hall–Kier alpha value is -4.05. The molecule has 0 aliphatic carbocycles. The number of pyridine rings is 1. The van der Waals surface area contributed by atoms with Crippen molar-refractivity contribution in [1.29, 1.82) is 0 Å². The first-order chi connectivity index (χ1) is 14.8. The Kier molecular flexibility index (Phi) is 4.45. The van der Waals surface area contributed by atoms with Gasteiger partial charge in [0.2, 0.25) is 0 Å². The van der Waals surface area contributed by atoms with Crippen LogP contribution in [0.4, 0.5) is 0 Å². The first kappa shape index (κ1) is 18.0. The number of fused-ring (bicyclic) bond motifs is 3. The molecule has 0 saturated carbocycles. The summed E-state index contributed by atoms with van der Waals surface area (Å²) in [5.41, 5.74) is 3.49. The lowest BCUT2D eigenvalue weighted by atomic mass is 10.1. The van der Waals surface area contributed by atoms with E-state index in [4.69, 9.17) is 4.74 Å². The predicted molar refractivity (Wildman–Crippen MR) is 122 cm³/mol. The molecule has 0 spiro atoms. The van der Waals surface area contributed by atoms with Crippen molar-refractivity contribution < 1.29 is 4.74 Å². The maximum Gasteiger partial charge on any atom is 0.337 e. The van der Waals surface area contributed by atoms with E-state index in [2.05, 4.69) is 12.1 Å². The van der Waals surface area contributed by atoms with E-state index in [1.807, 2.05) is 91.1 Å². The Morgan fingerprint density at radius 3 is 2.30 bits per heavy atom. The van der Waals surface area contributed by atoms with Crippen molar-refractivity contribution in [3.63, 3.8) is 0 Å². The Morgan fingerprint density at radius 2 is 1.53 bits per heavy atom. The van der Waals surface area contributed by atoms with Gasteiger partial charge in [0.15, 0.2) is 0 Å². The average molecular weight is 392 g/mol. The standard InChI is InChI=1S/C26H20N2O2/c1-30-22-14-12-21(13-15-22)28-24(16-11-19-7-3-2-4-8-19)25-23-10-6-5-9-20(23)17-18-27(25)26(28)29/h2-18H,1H3/b16-11+.